The first-order chi connectivity index (χ1) is 12.0. The van der Waals surface area contributed by atoms with Crippen molar-refractivity contribution < 1.29 is 4.79 Å². The topological polar surface area (TPSA) is 126 Å². The number of aromatic amines is 2. The highest BCUT2D eigenvalue weighted by atomic mass is 16.2. The minimum absolute atomic E-state index is 0.111. The number of hydrogen-bond donors (Lipinski definition) is 3. The number of H-pyrrole nitrogens is 2. The van der Waals surface area contributed by atoms with Gasteiger partial charge in [-0.3, -0.25) is 14.6 Å². The number of amides is 1. The first kappa shape index (κ1) is 17.1. The van der Waals surface area contributed by atoms with E-state index in [1.54, 1.807) is 13.3 Å². The van der Waals surface area contributed by atoms with Gasteiger partial charge in [-0.25, -0.2) is 4.79 Å². The molecule has 0 aromatic carbocycles. The summed E-state index contributed by atoms with van der Waals surface area (Å²) in [6.45, 7) is 3.44. The van der Waals surface area contributed by atoms with Crippen molar-refractivity contribution in [1.82, 2.24) is 30.0 Å². The lowest BCUT2D eigenvalue weighted by atomic mass is 10.1. The Hall–Kier alpha value is -2.71. The molecule has 2 heterocycles. The van der Waals surface area contributed by atoms with Crippen LogP contribution in [0.4, 0.5) is 0 Å². The molecule has 0 spiro atoms. The van der Waals surface area contributed by atoms with Crippen molar-refractivity contribution in [3.63, 3.8) is 0 Å². The number of hydrogen-bond acceptors (Lipinski definition) is 5. The third-order valence-electron chi connectivity index (χ3n) is 4.68. The van der Waals surface area contributed by atoms with Gasteiger partial charge in [-0.05, 0) is 26.7 Å². The molecule has 1 aliphatic carbocycles. The summed E-state index contributed by atoms with van der Waals surface area (Å²) in [6.07, 6.45) is 6.18. The fraction of sp³-hybridized carbons (Fsp3) is 0.562. The van der Waals surface area contributed by atoms with Crippen molar-refractivity contribution >= 4 is 5.91 Å². The molecule has 1 aliphatic rings. The highest BCUT2D eigenvalue weighted by molar-refractivity contribution is 5.79. The Kier molecular flexibility index (Phi) is 4.82. The highest BCUT2D eigenvalue weighted by Crippen LogP contribution is 2.31. The van der Waals surface area contributed by atoms with Crippen LogP contribution in [0.3, 0.4) is 0 Å². The summed E-state index contributed by atoms with van der Waals surface area (Å²) >= 11 is 0. The molecule has 2 aromatic heterocycles. The average molecular weight is 346 g/mol. The molecule has 2 aromatic rings. The monoisotopic (exact) mass is 346 g/mol. The van der Waals surface area contributed by atoms with E-state index >= 15 is 0 Å². The van der Waals surface area contributed by atoms with Crippen molar-refractivity contribution in [3.05, 3.63) is 44.2 Å². The number of nitrogens with zero attached hydrogens (tertiary/aromatic N) is 3. The zero-order valence-corrected chi connectivity index (χ0v) is 14.3. The Balaban J connectivity index is 1.71. The normalized spacial score (nSPS) is 16.1. The fourth-order valence-electron chi connectivity index (χ4n) is 3.38. The maximum absolute atomic E-state index is 12.3. The summed E-state index contributed by atoms with van der Waals surface area (Å²) in [5.74, 6) is 0.404. The largest absolute Gasteiger partial charge is 0.346 e. The first-order valence-electron chi connectivity index (χ1n) is 8.46. The molecule has 0 aliphatic heterocycles. The number of aryl methyl sites for hydroxylation is 1. The summed E-state index contributed by atoms with van der Waals surface area (Å²) in [5, 5.41) is 11.0. The van der Waals surface area contributed by atoms with Crippen LogP contribution in [0.15, 0.2) is 15.9 Å². The zero-order chi connectivity index (χ0) is 18.0. The second-order valence-corrected chi connectivity index (χ2v) is 6.51. The van der Waals surface area contributed by atoms with Crippen LogP contribution in [0, 0.1) is 6.92 Å². The van der Waals surface area contributed by atoms with Crippen LogP contribution in [-0.4, -0.2) is 30.6 Å². The van der Waals surface area contributed by atoms with Gasteiger partial charge in [0.2, 0.25) is 5.91 Å². The third-order valence-corrected chi connectivity index (χ3v) is 4.68. The van der Waals surface area contributed by atoms with Gasteiger partial charge in [-0.1, -0.05) is 12.8 Å². The molecule has 134 valence electrons. The van der Waals surface area contributed by atoms with Gasteiger partial charge in [0.05, 0.1) is 12.5 Å². The molecule has 3 rings (SSSR count). The molecule has 1 saturated carbocycles. The third kappa shape index (κ3) is 3.70. The van der Waals surface area contributed by atoms with Crippen LogP contribution >= 0.6 is 0 Å². The summed E-state index contributed by atoms with van der Waals surface area (Å²) < 4.78 is 2.04. The molecule has 25 heavy (non-hydrogen) atoms. The second kappa shape index (κ2) is 7.04. The minimum atomic E-state index is -0.579. The van der Waals surface area contributed by atoms with Crippen molar-refractivity contribution in [2.75, 3.05) is 0 Å². The van der Waals surface area contributed by atoms with Crippen LogP contribution < -0.4 is 16.6 Å². The Morgan fingerprint density at radius 1 is 1.36 bits per heavy atom. The lowest BCUT2D eigenvalue weighted by molar-refractivity contribution is -0.121. The van der Waals surface area contributed by atoms with Crippen LogP contribution in [0.2, 0.25) is 0 Å². The Labute approximate surface area is 143 Å². The van der Waals surface area contributed by atoms with E-state index < -0.39 is 11.2 Å². The van der Waals surface area contributed by atoms with Gasteiger partial charge in [-0.15, -0.1) is 10.2 Å². The van der Waals surface area contributed by atoms with Crippen LogP contribution in [-0.2, 0) is 11.2 Å². The Bertz CT molecular complexity index is 874. The van der Waals surface area contributed by atoms with Crippen LogP contribution in [0.1, 0.15) is 61.8 Å². The molecule has 1 atom stereocenters. The molecule has 9 nitrogen and oxygen atoms in total. The minimum Gasteiger partial charge on any atom is -0.346 e. The van der Waals surface area contributed by atoms with E-state index in [0.29, 0.717) is 17.6 Å². The van der Waals surface area contributed by atoms with Gasteiger partial charge in [-0.2, -0.15) is 0 Å². The molecule has 0 bridgehead atoms. The van der Waals surface area contributed by atoms with Crippen molar-refractivity contribution in [1.29, 1.82) is 0 Å². The van der Waals surface area contributed by atoms with Crippen molar-refractivity contribution in [2.45, 2.75) is 58.0 Å². The van der Waals surface area contributed by atoms with E-state index in [4.69, 9.17) is 0 Å². The predicted molar refractivity (Wildman–Crippen MR) is 90.2 cm³/mol. The number of carbonyl (C=O) groups is 1. The summed E-state index contributed by atoms with van der Waals surface area (Å²) in [6, 6.07) is 0.0615. The zero-order valence-electron chi connectivity index (χ0n) is 14.3. The number of aromatic nitrogens is 5. The molecule has 3 N–H and O–H groups in total. The molecule has 0 saturated heterocycles. The van der Waals surface area contributed by atoms with E-state index in [2.05, 4.69) is 25.5 Å². The van der Waals surface area contributed by atoms with E-state index in [1.807, 2.05) is 11.5 Å². The SMILES string of the molecule is Cc1[nH]c(=O)[nH]c(=O)c1CC(=O)N[C@H](C)c1nncn1C1CCCC1. The summed E-state index contributed by atoms with van der Waals surface area (Å²) in [7, 11) is 0. The first-order valence-corrected chi connectivity index (χ1v) is 8.46. The van der Waals surface area contributed by atoms with E-state index in [9.17, 15) is 14.4 Å². The molecular weight excluding hydrogens is 324 g/mol. The molecule has 0 unspecified atom stereocenters. The van der Waals surface area contributed by atoms with Crippen LogP contribution in [0.25, 0.3) is 0 Å². The van der Waals surface area contributed by atoms with Gasteiger partial charge in [0, 0.05) is 17.3 Å². The number of rotatable bonds is 5. The number of nitrogens with one attached hydrogen (secondary N) is 3. The molecule has 1 fully saturated rings. The van der Waals surface area contributed by atoms with Crippen molar-refractivity contribution in [3.8, 4) is 0 Å². The molecule has 0 radical (unpaired) electrons. The Morgan fingerprint density at radius 3 is 2.76 bits per heavy atom. The predicted octanol–water partition coefficient (Wildman–Crippen LogP) is 0.498. The maximum Gasteiger partial charge on any atom is 0.325 e. The fourth-order valence-corrected chi connectivity index (χ4v) is 3.38. The van der Waals surface area contributed by atoms with Gasteiger partial charge >= 0.3 is 5.69 Å². The lowest BCUT2D eigenvalue weighted by Gasteiger charge is -2.18. The standard InChI is InChI=1S/C16H22N6O3/c1-9-12(15(24)20-16(25)19-9)7-13(23)18-10(2)14-21-17-8-22(14)11-5-3-4-6-11/h8,10-11H,3-7H2,1-2H3,(H,18,23)(H2,19,20,24,25)/t10-/m1/s1. The van der Waals surface area contributed by atoms with Gasteiger partial charge in [0.1, 0.15) is 6.33 Å². The summed E-state index contributed by atoms with van der Waals surface area (Å²) in [4.78, 5) is 40.0. The highest BCUT2D eigenvalue weighted by Gasteiger charge is 2.23. The van der Waals surface area contributed by atoms with Gasteiger partial charge < -0.3 is 14.9 Å². The van der Waals surface area contributed by atoms with Crippen molar-refractivity contribution in [2.24, 2.45) is 0 Å². The molecule has 9 heteroatoms. The average Bonchev–Trinajstić information content (AvgIpc) is 3.20. The van der Waals surface area contributed by atoms with Crippen LogP contribution in [0.5, 0.6) is 0 Å². The van der Waals surface area contributed by atoms with E-state index in [1.165, 1.54) is 12.8 Å². The molecular formula is C16H22N6O3. The van der Waals surface area contributed by atoms with E-state index in [-0.39, 0.29) is 23.9 Å². The van der Waals surface area contributed by atoms with Gasteiger partial charge in [0.25, 0.3) is 5.56 Å². The van der Waals surface area contributed by atoms with Gasteiger partial charge in [0.15, 0.2) is 5.82 Å². The molecule has 1 amide bonds. The Morgan fingerprint density at radius 2 is 2.08 bits per heavy atom. The summed E-state index contributed by atoms with van der Waals surface area (Å²) in [5.41, 5.74) is -0.477. The lowest BCUT2D eigenvalue weighted by Crippen LogP contribution is -2.34. The quantitative estimate of drug-likeness (QED) is 0.727. The maximum atomic E-state index is 12.3. The number of carbonyl (C=O) groups excluding carboxylic acids is 1. The van der Waals surface area contributed by atoms with E-state index in [0.717, 1.165) is 12.8 Å². The second-order valence-electron chi connectivity index (χ2n) is 6.51. The smallest absolute Gasteiger partial charge is 0.325 e.